The molecular weight excluding hydrogens is 672 g/mol. The van der Waals surface area contributed by atoms with E-state index in [4.69, 9.17) is 10.4 Å². The van der Waals surface area contributed by atoms with Gasteiger partial charge in [0.1, 0.15) is 11.6 Å². The van der Waals surface area contributed by atoms with Crippen LogP contribution in [-0.2, 0) is 25.4 Å². The highest BCUT2D eigenvalue weighted by molar-refractivity contribution is 6.01. The molecule has 3 aromatic heterocycles. The van der Waals surface area contributed by atoms with Crippen molar-refractivity contribution < 1.29 is 26.3 Å². The molecule has 0 atom stereocenters. The van der Waals surface area contributed by atoms with Crippen molar-refractivity contribution in [1.29, 1.82) is 5.41 Å². The van der Waals surface area contributed by atoms with E-state index < -0.39 is 23.5 Å². The van der Waals surface area contributed by atoms with E-state index in [0.717, 1.165) is 50.9 Å². The summed E-state index contributed by atoms with van der Waals surface area (Å²) in [5, 5.41) is 18.8. The third-order valence-corrected chi connectivity index (χ3v) is 8.74. The van der Waals surface area contributed by atoms with Crippen molar-refractivity contribution in [2.75, 3.05) is 28.2 Å². The molecule has 2 saturated carbocycles. The fraction of sp³-hybridized carbons (Fsp3) is 0.472. The summed E-state index contributed by atoms with van der Waals surface area (Å²) in [7, 11) is 0. The highest BCUT2D eigenvalue weighted by Gasteiger charge is 2.37. The van der Waals surface area contributed by atoms with E-state index in [1.807, 2.05) is 26.8 Å². The number of anilines is 3. The average molecular weight is 714 g/mol. The maximum absolute atomic E-state index is 13.9. The van der Waals surface area contributed by atoms with Crippen molar-refractivity contribution in [3.05, 3.63) is 76.7 Å². The lowest BCUT2D eigenvalue weighted by molar-refractivity contribution is -0.143. The van der Waals surface area contributed by atoms with E-state index in [0.29, 0.717) is 45.9 Å². The second kappa shape index (κ2) is 13.8. The van der Waals surface area contributed by atoms with Gasteiger partial charge in [-0.1, -0.05) is 0 Å². The van der Waals surface area contributed by atoms with E-state index >= 15 is 0 Å². The molecule has 4 aromatic rings. The number of hydrogen-bond acceptors (Lipinski definition) is 8. The lowest BCUT2D eigenvalue weighted by Crippen LogP contribution is -2.34. The number of aromatic nitrogens is 5. The number of alkyl halides is 6. The van der Waals surface area contributed by atoms with Gasteiger partial charge >= 0.3 is 12.4 Å². The largest absolute Gasteiger partial charge is 0.416 e. The minimum absolute atomic E-state index is 0.00869. The molecule has 15 heteroatoms. The van der Waals surface area contributed by atoms with Crippen LogP contribution in [0.2, 0.25) is 0 Å². The lowest BCUT2D eigenvalue weighted by Gasteiger charge is -2.31. The molecule has 0 aliphatic heterocycles. The molecule has 272 valence electrons. The maximum Gasteiger partial charge on any atom is 0.416 e. The van der Waals surface area contributed by atoms with Crippen LogP contribution in [0, 0.1) is 17.2 Å². The number of H-pyrrole nitrogens is 1. The van der Waals surface area contributed by atoms with Crippen LogP contribution >= 0.6 is 0 Å². The van der Waals surface area contributed by atoms with Crippen molar-refractivity contribution in [2.45, 2.75) is 84.4 Å². The Hall–Kier alpha value is -4.69. The van der Waals surface area contributed by atoms with Crippen molar-refractivity contribution in [1.82, 2.24) is 25.1 Å². The van der Waals surface area contributed by atoms with Crippen molar-refractivity contribution >= 4 is 23.3 Å². The summed E-state index contributed by atoms with van der Waals surface area (Å²) in [4.78, 5) is 18.0. The molecule has 9 nitrogen and oxygen atoms in total. The van der Waals surface area contributed by atoms with Crippen LogP contribution in [0.15, 0.2) is 48.9 Å². The molecule has 6 rings (SSSR count). The zero-order valence-electron chi connectivity index (χ0n) is 28.9. The number of nitrogens with zero attached hydrogens (tertiary/aromatic N) is 6. The van der Waals surface area contributed by atoms with Gasteiger partial charge in [0.2, 0.25) is 5.95 Å². The molecule has 2 aliphatic carbocycles. The molecule has 3 N–H and O–H groups in total. The van der Waals surface area contributed by atoms with Crippen molar-refractivity contribution in [3.8, 4) is 11.3 Å². The number of pyridine rings is 1. The minimum Gasteiger partial charge on any atom is -0.365 e. The van der Waals surface area contributed by atoms with Crippen LogP contribution in [0.1, 0.15) is 81.2 Å². The predicted molar refractivity (Wildman–Crippen MR) is 184 cm³/mol. The van der Waals surface area contributed by atoms with Gasteiger partial charge in [0.25, 0.3) is 0 Å². The first-order valence-corrected chi connectivity index (χ1v) is 16.9. The van der Waals surface area contributed by atoms with Crippen molar-refractivity contribution in [2.24, 2.45) is 11.8 Å². The Bertz CT molecular complexity index is 1790. The van der Waals surface area contributed by atoms with E-state index in [9.17, 15) is 26.3 Å². The maximum atomic E-state index is 13.9. The third-order valence-electron chi connectivity index (χ3n) is 8.74. The second-order valence-corrected chi connectivity index (χ2v) is 14.7. The molecule has 2 aliphatic rings. The Morgan fingerprint density at radius 1 is 0.863 bits per heavy atom. The van der Waals surface area contributed by atoms with Crippen LogP contribution in [0.4, 0.5) is 43.9 Å². The van der Waals surface area contributed by atoms with Gasteiger partial charge in [-0.2, -0.15) is 31.4 Å². The molecular formula is C36H41F6N9. The van der Waals surface area contributed by atoms with E-state index in [2.05, 4.69) is 30.4 Å². The fourth-order valence-corrected chi connectivity index (χ4v) is 5.92. The Labute approximate surface area is 292 Å². The summed E-state index contributed by atoms with van der Waals surface area (Å²) in [6.07, 6.45) is -1.01. The first-order chi connectivity index (χ1) is 23.9. The zero-order valence-corrected chi connectivity index (χ0v) is 28.9. The standard InChI is InChI=1S/C36H41F6N9/c1-21(43)29-13-25(32(47-31(29)48-34(2,3)4)50(17-22-5-6-22)18-23-7-8-23)20-51(33-44-15-26(16-45-33)30-9-10-46-49-30)19-24-11-27(35(37,38)39)14-28(12-24)36(40,41)42/h9-16,22-23,43H,5-8,17-20H2,1-4H3,(H,46,49)(H,47,48). The number of nitrogens with one attached hydrogen (secondary N) is 3. The number of benzene rings is 1. The van der Waals surface area contributed by atoms with E-state index in [-0.39, 0.29) is 41.9 Å². The number of halogens is 6. The topological polar surface area (TPSA) is 110 Å². The van der Waals surface area contributed by atoms with Crippen LogP contribution in [-0.4, -0.2) is 49.5 Å². The Kier molecular flexibility index (Phi) is 9.77. The highest BCUT2D eigenvalue weighted by atomic mass is 19.4. The van der Waals surface area contributed by atoms with E-state index in [1.54, 1.807) is 24.1 Å². The highest BCUT2D eigenvalue weighted by Crippen LogP contribution is 2.39. The summed E-state index contributed by atoms with van der Waals surface area (Å²) >= 11 is 0. The zero-order chi connectivity index (χ0) is 36.7. The van der Waals surface area contributed by atoms with Crippen molar-refractivity contribution in [3.63, 3.8) is 0 Å². The van der Waals surface area contributed by atoms with Gasteiger partial charge in [-0.15, -0.1) is 0 Å². The SMILES string of the molecule is CC(=N)c1cc(CN(Cc2cc(C(F)(F)F)cc(C(F)(F)F)c2)c2ncc(-c3ccn[nH]3)cn2)c(N(CC2CC2)CC2CC2)nc1NC(C)(C)C. The van der Waals surface area contributed by atoms with Crippen LogP contribution in [0.5, 0.6) is 0 Å². The predicted octanol–water partition coefficient (Wildman–Crippen LogP) is 8.73. The van der Waals surface area contributed by atoms with Crippen LogP contribution < -0.4 is 15.1 Å². The molecule has 2 fully saturated rings. The lowest BCUT2D eigenvalue weighted by atomic mass is 10.0. The quantitative estimate of drug-likeness (QED) is 0.0939. The summed E-state index contributed by atoms with van der Waals surface area (Å²) in [5.74, 6) is 2.29. The van der Waals surface area contributed by atoms with Gasteiger partial charge in [-0.05, 0) is 101 Å². The number of aromatic amines is 1. The number of rotatable bonds is 13. The Morgan fingerprint density at radius 2 is 1.45 bits per heavy atom. The van der Waals surface area contributed by atoms with E-state index in [1.165, 1.54) is 12.4 Å². The molecule has 1 aromatic carbocycles. The Balaban J connectivity index is 1.48. The van der Waals surface area contributed by atoms with Crippen LogP contribution in [0.25, 0.3) is 11.3 Å². The molecule has 0 bridgehead atoms. The number of hydrogen-bond donors (Lipinski definition) is 3. The molecule has 0 spiro atoms. The molecule has 0 saturated heterocycles. The van der Waals surface area contributed by atoms with Gasteiger partial charge in [-0.3, -0.25) is 5.10 Å². The second-order valence-electron chi connectivity index (χ2n) is 14.7. The molecule has 51 heavy (non-hydrogen) atoms. The first kappa shape index (κ1) is 36.1. The van der Waals surface area contributed by atoms with Gasteiger partial charge in [0.15, 0.2) is 0 Å². The van der Waals surface area contributed by atoms with Gasteiger partial charge in [0, 0.05) is 72.7 Å². The normalized spacial score (nSPS) is 15.2. The third kappa shape index (κ3) is 9.36. The summed E-state index contributed by atoms with van der Waals surface area (Å²) in [6.45, 7) is 8.79. The average Bonchev–Trinajstić information content (AvgIpc) is 3.98. The Morgan fingerprint density at radius 3 is 1.92 bits per heavy atom. The smallest absolute Gasteiger partial charge is 0.365 e. The first-order valence-electron chi connectivity index (χ1n) is 16.9. The molecule has 3 heterocycles. The summed E-state index contributed by atoms with van der Waals surface area (Å²) < 4.78 is 83.4. The van der Waals surface area contributed by atoms with Gasteiger partial charge in [-0.25, -0.2) is 15.0 Å². The molecule has 0 unspecified atom stereocenters. The van der Waals surface area contributed by atoms with Gasteiger partial charge < -0.3 is 20.5 Å². The minimum atomic E-state index is -5.00. The summed E-state index contributed by atoms with van der Waals surface area (Å²) in [5.41, 5.74) is -0.727. The fourth-order valence-electron chi connectivity index (χ4n) is 5.92. The summed E-state index contributed by atoms with van der Waals surface area (Å²) in [6, 6.07) is 5.16. The van der Waals surface area contributed by atoms with Crippen LogP contribution in [0.3, 0.4) is 0 Å². The monoisotopic (exact) mass is 713 g/mol. The van der Waals surface area contributed by atoms with Gasteiger partial charge in [0.05, 0.1) is 16.8 Å². The molecule has 0 amide bonds. The molecule has 0 radical (unpaired) electrons.